The van der Waals surface area contributed by atoms with Gasteiger partial charge in [0.2, 0.25) is 14.9 Å². The van der Waals surface area contributed by atoms with E-state index < -0.39 is 9.84 Å². The molecular weight excluding hydrogens is 451 g/mol. The highest BCUT2D eigenvalue weighted by Crippen LogP contribution is 2.34. The van der Waals surface area contributed by atoms with E-state index in [1.807, 2.05) is 23.6 Å². The molecule has 0 unspecified atom stereocenters. The molecule has 0 atom stereocenters. The summed E-state index contributed by atoms with van der Waals surface area (Å²) in [7, 11) is -3.97. The Hall–Kier alpha value is -2.52. The molecular formula is C19H10Cl2N4O2S2. The van der Waals surface area contributed by atoms with Crippen molar-refractivity contribution in [3.05, 3.63) is 70.0 Å². The van der Waals surface area contributed by atoms with Gasteiger partial charge in [0.1, 0.15) is 0 Å². The van der Waals surface area contributed by atoms with Crippen molar-refractivity contribution >= 4 is 60.2 Å². The molecule has 0 aliphatic carbocycles. The van der Waals surface area contributed by atoms with Crippen molar-refractivity contribution < 1.29 is 8.42 Å². The largest absolute Gasteiger partial charge is 0.229 e. The molecule has 29 heavy (non-hydrogen) atoms. The van der Waals surface area contributed by atoms with E-state index in [1.165, 1.54) is 28.0 Å². The summed E-state index contributed by atoms with van der Waals surface area (Å²) in [6, 6.07) is 15.1. The fraction of sp³-hybridized carbons (Fsp3) is 0. The van der Waals surface area contributed by atoms with Crippen molar-refractivity contribution in [1.82, 2.24) is 19.8 Å². The SMILES string of the molecule is O=S(=O)(c1cccc(Cl)c1)c1nnn2c1nc(-c1cccc(Cl)c1)c1sccc12. The second-order valence-electron chi connectivity index (χ2n) is 6.20. The fourth-order valence-electron chi connectivity index (χ4n) is 3.07. The van der Waals surface area contributed by atoms with E-state index in [0.29, 0.717) is 15.7 Å². The van der Waals surface area contributed by atoms with Gasteiger partial charge in [-0.3, -0.25) is 0 Å². The lowest BCUT2D eigenvalue weighted by atomic mass is 10.1. The number of aromatic nitrogens is 4. The van der Waals surface area contributed by atoms with E-state index >= 15 is 0 Å². The standard InChI is InChI=1S/C19H10Cl2N4O2S2/c20-12-4-1-3-11(9-12)16-17-15(7-8-28-17)25-18(22-16)19(23-24-25)29(26,27)14-6-2-5-13(21)10-14/h1-10H. The predicted octanol–water partition coefficient (Wildman–Crippen LogP) is 5.15. The topological polar surface area (TPSA) is 77.2 Å². The van der Waals surface area contributed by atoms with Gasteiger partial charge in [0.25, 0.3) is 0 Å². The third-order valence-electron chi connectivity index (χ3n) is 4.38. The monoisotopic (exact) mass is 460 g/mol. The lowest BCUT2D eigenvalue weighted by Crippen LogP contribution is -2.04. The third-order valence-corrected chi connectivity index (χ3v) is 7.41. The Bertz CT molecular complexity index is 1510. The smallest absolute Gasteiger partial charge is 0.224 e. The number of fused-ring (bicyclic) bond motifs is 3. The molecule has 0 radical (unpaired) electrons. The summed E-state index contributed by atoms with van der Waals surface area (Å²) in [5.74, 6) is 0. The maximum atomic E-state index is 13.2. The van der Waals surface area contributed by atoms with Gasteiger partial charge in [-0.1, -0.05) is 46.6 Å². The molecule has 0 saturated heterocycles. The zero-order valence-corrected chi connectivity index (χ0v) is 17.6. The molecule has 5 rings (SSSR count). The Morgan fingerprint density at radius 2 is 1.72 bits per heavy atom. The quantitative estimate of drug-likeness (QED) is 0.372. The first-order valence-electron chi connectivity index (χ1n) is 8.34. The summed E-state index contributed by atoms with van der Waals surface area (Å²) in [4.78, 5) is 4.67. The van der Waals surface area contributed by atoms with E-state index in [-0.39, 0.29) is 15.6 Å². The first-order chi connectivity index (χ1) is 13.9. The highest BCUT2D eigenvalue weighted by Gasteiger charge is 2.27. The molecule has 0 N–H and O–H groups in total. The average Bonchev–Trinajstić information content (AvgIpc) is 3.34. The molecule has 0 aliphatic rings. The second kappa shape index (κ2) is 6.77. The number of nitrogens with zero attached hydrogens (tertiary/aromatic N) is 4. The maximum Gasteiger partial charge on any atom is 0.229 e. The fourth-order valence-corrected chi connectivity index (χ4v) is 5.68. The average molecular weight is 461 g/mol. The van der Waals surface area contributed by atoms with Crippen molar-refractivity contribution in [3.8, 4) is 11.3 Å². The van der Waals surface area contributed by atoms with Gasteiger partial charge in [-0.05, 0) is 41.8 Å². The Balaban J connectivity index is 1.83. The molecule has 6 nitrogen and oxygen atoms in total. The minimum atomic E-state index is -3.97. The highest BCUT2D eigenvalue weighted by molar-refractivity contribution is 7.91. The molecule has 2 aromatic carbocycles. The third kappa shape index (κ3) is 3.00. The van der Waals surface area contributed by atoms with Gasteiger partial charge in [-0.25, -0.2) is 13.4 Å². The molecule has 144 valence electrons. The summed E-state index contributed by atoms with van der Waals surface area (Å²) >= 11 is 13.6. The van der Waals surface area contributed by atoms with Crippen LogP contribution in [0.5, 0.6) is 0 Å². The van der Waals surface area contributed by atoms with Crippen LogP contribution in [0.1, 0.15) is 0 Å². The van der Waals surface area contributed by atoms with E-state index in [9.17, 15) is 8.42 Å². The number of rotatable bonds is 3. The highest BCUT2D eigenvalue weighted by atomic mass is 35.5. The summed E-state index contributed by atoms with van der Waals surface area (Å²) in [6.07, 6.45) is 0. The Kier molecular flexibility index (Phi) is 4.32. The second-order valence-corrected chi connectivity index (χ2v) is 9.85. The Morgan fingerprint density at radius 3 is 2.48 bits per heavy atom. The maximum absolute atomic E-state index is 13.2. The predicted molar refractivity (Wildman–Crippen MR) is 114 cm³/mol. The van der Waals surface area contributed by atoms with Crippen LogP contribution >= 0.6 is 34.5 Å². The number of hydrogen-bond donors (Lipinski definition) is 0. The van der Waals surface area contributed by atoms with Gasteiger partial charge in [0.05, 0.1) is 20.8 Å². The van der Waals surface area contributed by atoms with E-state index in [4.69, 9.17) is 23.2 Å². The zero-order valence-electron chi connectivity index (χ0n) is 14.5. The normalized spacial score (nSPS) is 12.1. The molecule has 0 aliphatic heterocycles. The molecule has 0 saturated carbocycles. The van der Waals surface area contributed by atoms with Crippen LogP contribution in [0.3, 0.4) is 0 Å². The first kappa shape index (κ1) is 18.5. The first-order valence-corrected chi connectivity index (χ1v) is 11.5. The number of hydrogen-bond acceptors (Lipinski definition) is 6. The van der Waals surface area contributed by atoms with Gasteiger partial charge in [0, 0.05) is 15.6 Å². The van der Waals surface area contributed by atoms with E-state index in [2.05, 4.69) is 15.3 Å². The molecule has 0 bridgehead atoms. The molecule has 3 aromatic heterocycles. The van der Waals surface area contributed by atoms with Crippen molar-refractivity contribution in [2.24, 2.45) is 0 Å². The van der Waals surface area contributed by atoms with Crippen LogP contribution in [0.15, 0.2) is 69.9 Å². The zero-order chi connectivity index (χ0) is 20.2. The van der Waals surface area contributed by atoms with Crippen molar-refractivity contribution in [3.63, 3.8) is 0 Å². The number of halogens is 2. The molecule has 5 aromatic rings. The van der Waals surface area contributed by atoms with Gasteiger partial charge >= 0.3 is 0 Å². The molecule has 0 amide bonds. The van der Waals surface area contributed by atoms with Crippen LogP contribution < -0.4 is 0 Å². The van der Waals surface area contributed by atoms with Crippen molar-refractivity contribution in [2.45, 2.75) is 9.92 Å². The summed E-state index contributed by atoms with van der Waals surface area (Å²) in [5, 5.41) is 10.6. The minimum Gasteiger partial charge on any atom is -0.224 e. The van der Waals surface area contributed by atoms with Gasteiger partial charge < -0.3 is 0 Å². The minimum absolute atomic E-state index is 0.0314. The summed E-state index contributed by atoms with van der Waals surface area (Å²) in [5.41, 5.74) is 2.26. The number of thiophene rings is 1. The number of sulfone groups is 1. The Morgan fingerprint density at radius 1 is 0.966 bits per heavy atom. The van der Waals surface area contributed by atoms with Crippen molar-refractivity contribution in [1.29, 1.82) is 0 Å². The van der Waals surface area contributed by atoms with Gasteiger partial charge in [-0.2, -0.15) is 4.52 Å². The lowest BCUT2D eigenvalue weighted by Gasteiger charge is -2.06. The summed E-state index contributed by atoms with van der Waals surface area (Å²) < 4.78 is 28.7. The molecule has 3 heterocycles. The van der Waals surface area contributed by atoms with E-state index in [1.54, 1.807) is 24.3 Å². The van der Waals surface area contributed by atoms with Gasteiger partial charge in [-0.15, -0.1) is 16.4 Å². The lowest BCUT2D eigenvalue weighted by molar-refractivity contribution is 0.592. The van der Waals surface area contributed by atoms with E-state index in [0.717, 1.165) is 15.8 Å². The van der Waals surface area contributed by atoms with Crippen LogP contribution in [0.2, 0.25) is 10.0 Å². The van der Waals surface area contributed by atoms with Crippen LogP contribution in [0.25, 0.3) is 27.1 Å². The van der Waals surface area contributed by atoms with Crippen LogP contribution in [-0.4, -0.2) is 28.2 Å². The molecule has 0 spiro atoms. The number of benzene rings is 2. The van der Waals surface area contributed by atoms with Crippen molar-refractivity contribution in [2.75, 3.05) is 0 Å². The van der Waals surface area contributed by atoms with Crippen LogP contribution in [-0.2, 0) is 9.84 Å². The summed E-state index contributed by atoms with van der Waals surface area (Å²) in [6.45, 7) is 0. The van der Waals surface area contributed by atoms with Crippen LogP contribution in [0.4, 0.5) is 0 Å². The van der Waals surface area contributed by atoms with Gasteiger partial charge in [0.15, 0.2) is 5.65 Å². The van der Waals surface area contributed by atoms with Crippen LogP contribution in [0, 0.1) is 0 Å². The Labute approximate surface area is 179 Å². The molecule has 0 fully saturated rings. The molecule has 10 heteroatoms.